The Hall–Kier alpha value is -2.17. The summed E-state index contributed by atoms with van der Waals surface area (Å²) in [5.41, 5.74) is 1.54. The second-order valence-corrected chi connectivity index (χ2v) is 6.29. The van der Waals surface area contributed by atoms with Crippen molar-refractivity contribution in [3.05, 3.63) is 35.7 Å². The van der Waals surface area contributed by atoms with E-state index in [4.69, 9.17) is 4.52 Å². The molecule has 0 saturated heterocycles. The highest BCUT2D eigenvalue weighted by Gasteiger charge is 2.22. The second-order valence-electron chi connectivity index (χ2n) is 6.29. The van der Waals surface area contributed by atoms with E-state index in [1.165, 1.54) is 25.7 Å². The van der Waals surface area contributed by atoms with Gasteiger partial charge in [0.1, 0.15) is 0 Å². The van der Waals surface area contributed by atoms with Gasteiger partial charge in [0, 0.05) is 24.2 Å². The molecule has 5 heteroatoms. The van der Waals surface area contributed by atoms with Crippen molar-refractivity contribution in [1.82, 2.24) is 15.0 Å². The van der Waals surface area contributed by atoms with Crippen LogP contribution in [0.4, 0.5) is 0 Å². The quantitative estimate of drug-likeness (QED) is 0.808. The van der Waals surface area contributed by atoms with Crippen LogP contribution in [0.3, 0.4) is 0 Å². The number of amides is 1. The molecule has 0 unspecified atom stereocenters. The standard InChI is InChI=1S/C18H23N3O2/c1-13-19-17(23-20-13)14-9-11-15(12-10-14)18(22)21(2)16-7-5-3-4-6-8-16/h9-12,16H,3-8H2,1-2H3. The number of aromatic nitrogens is 2. The largest absolute Gasteiger partial charge is 0.339 e. The van der Waals surface area contributed by atoms with Gasteiger partial charge in [-0.2, -0.15) is 4.98 Å². The van der Waals surface area contributed by atoms with Crippen LogP contribution in [0.1, 0.15) is 54.7 Å². The SMILES string of the molecule is Cc1noc(-c2ccc(C(=O)N(C)C3CCCCCC3)cc2)n1. The Morgan fingerprint density at radius 2 is 1.78 bits per heavy atom. The van der Waals surface area contributed by atoms with E-state index in [9.17, 15) is 4.79 Å². The summed E-state index contributed by atoms with van der Waals surface area (Å²) < 4.78 is 5.15. The van der Waals surface area contributed by atoms with Crippen LogP contribution in [-0.2, 0) is 0 Å². The van der Waals surface area contributed by atoms with E-state index in [1.807, 2.05) is 36.2 Å². The van der Waals surface area contributed by atoms with Gasteiger partial charge in [-0.15, -0.1) is 0 Å². The summed E-state index contributed by atoms with van der Waals surface area (Å²) in [6, 6.07) is 7.76. The molecule has 0 N–H and O–H groups in total. The lowest BCUT2D eigenvalue weighted by Gasteiger charge is -2.27. The van der Waals surface area contributed by atoms with Gasteiger partial charge in [0.15, 0.2) is 5.82 Å². The van der Waals surface area contributed by atoms with Crippen molar-refractivity contribution in [2.75, 3.05) is 7.05 Å². The molecule has 0 bridgehead atoms. The molecule has 1 aliphatic carbocycles. The van der Waals surface area contributed by atoms with Crippen LogP contribution in [0.2, 0.25) is 0 Å². The Labute approximate surface area is 136 Å². The van der Waals surface area contributed by atoms with Crippen molar-refractivity contribution < 1.29 is 9.32 Å². The molecule has 0 radical (unpaired) electrons. The monoisotopic (exact) mass is 313 g/mol. The highest BCUT2D eigenvalue weighted by Crippen LogP contribution is 2.23. The van der Waals surface area contributed by atoms with Gasteiger partial charge in [-0.05, 0) is 44.0 Å². The van der Waals surface area contributed by atoms with E-state index < -0.39 is 0 Å². The summed E-state index contributed by atoms with van der Waals surface area (Å²) in [4.78, 5) is 18.8. The third-order valence-electron chi connectivity index (χ3n) is 4.60. The van der Waals surface area contributed by atoms with Crippen molar-refractivity contribution in [2.24, 2.45) is 0 Å². The summed E-state index contributed by atoms with van der Waals surface area (Å²) in [5.74, 6) is 1.18. The third kappa shape index (κ3) is 3.60. The zero-order valence-electron chi connectivity index (χ0n) is 13.8. The van der Waals surface area contributed by atoms with E-state index >= 15 is 0 Å². The van der Waals surface area contributed by atoms with E-state index in [2.05, 4.69) is 10.1 Å². The predicted molar refractivity (Wildman–Crippen MR) is 88.1 cm³/mol. The van der Waals surface area contributed by atoms with Gasteiger partial charge < -0.3 is 9.42 Å². The van der Waals surface area contributed by atoms with E-state index in [-0.39, 0.29) is 5.91 Å². The average molecular weight is 313 g/mol. The smallest absolute Gasteiger partial charge is 0.257 e. The molecule has 0 atom stereocenters. The lowest BCUT2D eigenvalue weighted by atomic mass is 10.1. The highest BCUT2D eigenvalue weighted by molar-refractivity contribution is 5.94. The van der Waals surface area contributed by atoms with Gasteiger partial charge in [0.05, 0.1) is 0 Å². The van der Waals surface area contributed by atoms with Crippen LogP contribution >= 0.6 is 0 Å². The Kier molecular flexibility index (Phi) is 4.74. The van der Waals surface area contributed by atoms with Gasteiger partial charge >= 0.3 is 0 Å². The maximum absolute atomic E-state index is 12.7. The molecular weight excluding hydrogens is 290 g/mol. The van der Waals surface area contributed by atoms with Crippen LogP contribution in [0, 0.1) is 6.92 Å². The Balaban J connectivity index is 1.71. The first kappa shape index (κ1) is 15.7. The zero-order chi connectivity index (χ0) is 16.2. The molecule has 1 fully saturated rings. The molecule has 1 heterocycles. The number of nitrogens with zero attached hydrogens (tertiary/aromatic N) is 3. The molecule has 1 saturated carbocycles. The molecule has 0 spiro atoms. The van der Waals surface area contributed by atoms with Crippen molar-refractivity contribution in [3.63, 3.8) is 0 Å². The number of carbonyl (C=O) groups excluding carboxylic acids is 1. The highest BCUT2D eigenvalue weighted by atomic mass is 16.5. The molecule has 3 rings (SSSR count). The third-order valence-corrected chi connectivity index (χ3v) is 4.60. The molecule has 5 nitrogen and oxygen atoms in total. The Bertz CT molecular complexity index is 655. The fraction of sp³-hybridized carbons (Fsp3) is 0.500. The number of rotatable bonds is 3. The first-order valence-corrected chi connectivity index (χ1v) is 8.33. The lowest BCUT2D eigenvalue weighted by molar-refractivity contribution is 0.0717. The van der Waals surface area contributed by atoms with Crippen molar-refractivity contribution >= 4 is 5.91 Å². The molecule has 1 aliphatic rings. The molecule has 122 valence electrons. The van der Waals surface area contributed by atoms with Crippen LogP contribution in [-0.4, -0.2) is 34.0 Å². The molecule has 1 aromatic carbocycles. The minimum Gasteiger partial charge on any atom is -0.339 e. The predicted octanol–water partition coefficient (Wildman–Crippen LogP) is 3.84. The number of hydrogen-bond donors (Lipinski definition) is 0. The van der Waals surface area contributed by atoms with Gasteiger partial charge in [-0.3, -0.25) is 4.79 Å². The number of benzene rings is 1. The summed E-state index contributed by atoms with van der Waals surface area (Å²) in [5, 5.41) is 3.79. The average Bonchev–Trinajstić information content (AvgIpc) is 2.84. The van der Waals surface area contributed by atoms with Crippen molar-refractivity contribution in [3.8, 4) is 11.5 Å². The topological polar surface area (TPSA) is 59.2 Å². The van der Waals surface area contributed by atoms with Crippen LogP contribution < -0.4 is 0 Å². The van der Waals surface area contributed by atoms with Gasteiger partial charge in [-0.25, -0.2) is 0 Å². The minimum absolute atomic E-state index is 0.0881. The number of carbonyl (C=O) groups is 1. The first-order chi connectivity index (χ1) is 11.1. The molecular formula is C18H23N3O2. The normalized spacial score (nSPS) is 16.1. The van der Waals surface area contributed by atoms with E-state index in [0.717, 1.165) is 18.4 Å². The van der Waals surface area contributed by atoms with E-state index in [0.29, 0.717) is 23.3 Å². The van der Waals surface area contributed by atoms with E-state index in [1.54, 1.807) is 6.92 Å². The Morgan fingerprint density at radius 3 is 2.35 bits per heavy atom. The van der Waals surface area contributed by atoms with Gasteiger partial charge in [0.25, 0.3) is 11.8 Å². The van der Waals surface area contributed by atoms with Crippen LogP contribution in [0.5, 0.6) is 0 Å². The summed E-state index contributed by atoms with van der Waals surface area (Å²) in [6.07, 6.45) is 7.24. The van der Waals surface area contributed by atoms with Gasteiger partial charge in [-0.1, -0.05) is 30.8 Å². The zero-order valence-corrected chi connectivity index (χ0v) is 13.8. The van der Waals surface area contributed by atoms with Crippen molar-refractivity contribution in [2.45, 2.75) is 51.5 Å². The molecule has 2 aromatic rings. The summed E-state index contributed by atoms with van der Waals surface area (Å²) in [7, 11) is 1.92. The molecule has 1 aromatic heterocycles. The fourth-order valence-electron chi connectivity index (χ4n) is 3.18. The lowest BCUT2D eigenvalue weighted by Crippen LogP contribution is -2.36. The fourth-order valence-corrected chi connectivity index (χ4v) is 3.18. The molecule has 0 aliphatic heterocycles. The second kappa shape index (κ2) is 6.94. The maximum atomic E-state index is 12.7. The number of aryl methyl sites for hydroxylation is 1. The summed E-state index contributed by atoms with van der Waals surface area (Å²) >= 11 is 0. The Morgan fingerprint density at radius 1 is 1.13 bits per heavy atom. The van der Waals surface area contributed by atoms with Crippen molar-refractivity contribution in [1.29, 1.82) is 0 Å². The first-order valence-electron chi connectivity index (χ1n) is 8.33. The summed E-state index contributed by atoms with van der Waals surface area (Å²) in [6.45, 7) is 1.78. The maximum Gasteiger partial charge on any atom is 0.257 e. The minimum atomic E-state index is 0.0881. The number of hydrogen-bond acceptors (Lipinski definition) is 4. The van der Waals surface area contributed by atoms with Crippen LogP contribution in [0.15, 0.2) is 28.8 Å². The van der Waals surface area contributed by atoms with Gasteiger partial charge in [0.2, 0.25) is 0 Å². The van der Waals surface area contributed by atoms with Crippen LogP contribution in [0.25, 0.3) is 11.5 Å². The molecule has 23 heavy (non-hydrogen) atoms. The molecule has 1 amide bonds.